The minimum atomic E-state index is -4.62. The van der Waals surface area contributed by atoms with E-state index in [1.165, 1.54) is 0 Å². The van der Waals surface area contributed by atoms with Gasteiger partial charge in [0.15, 0.2) is 11.6 Å². The number of piperazine rings is 1. The van der Waals surface area contributed by atoms with Gasteiger partial charge in [-0.25, -0.2) is 14.4 Å². The summed E-state index contributed by atoms with van der Waals surface area (Å²) >= 11 is 0. The quantitative estimate of drug-likeness (QED) is 0.623. The van der Waals surface area contributed by atoms with E-state index in [2.05, 4.69) is 20.1 Å². The van der Waals surface area contributed by atoms with Gasteiger partial charge in [0.2, 0.25) is 0 Å². The van der Waals surface area contributed by atoms with Gasteiger partial charge in [0.1, 0.15) is 5.82 Å². The van der Waals surface area contributed by atoms with E-state index in [-0.39, 0.29) is 5.82 Å². The van der Waals surface area contributed by atoms with Gasteiger partial charge in [-0.2, -0.15) is 18.3 Å². The van der Waals surface area contributed by atoms with E-state index in [0.29, 0.717) is 50.0 Å². The van der Waals surface area contributed by atoms with Gasteiger partial charge in [-0.05, 0) is 6.07 Å². The fourth-order valence-electron chi connectivity index (χ4n) is 3.17. The molecule has 3 aromatic heterocycles. The van der Waals surface area contributed by atoms with Crippen molar-refractivity contribution < 1.29 is 17.6 Å². The van der Waals surface area contributed by atoms with Crippen LogP contribution in [0, 0.1) is 5.82 Å². The molecule has 4 heterocycles. The van der Waals surface area contributed by atoms with Gasteiger partial charge < -0.3 is 9.80 Å². The number of anilines is 2. The summed E-state index contributed by atoms with van der Waals surface area (Å²) in [7, 11) is 1.81. The number of aromatic nitrogens is 5. The first-order valence-electron chi connectivity index (χ1n) is 8.85. The van der Waals surface area contributed by atoms with Crippen LogP contribution >= 0.6 is 0 Å². The molecule has 0 saturated carbocycles. The van der Waals surface area contributed by atoms with Crippen molar-refractivity contribution in [2.75, 3.05) is 36.0 Å². The summed E-state index contributed by atoms with van der Waals surface area (Å²) in [5, 5.41) is 4.12. The van der Waals surface area contributed by atoms with Crippen LogP contribution in [-0.2, 0) is 13.2 Å². The molecule has 29 heavy (non-hydrogen) atoms. The second-order valence-electron chi connectivity index (χ2n) is 6.67. The molecule has 0 N–H and O–H groups in total. The lowest BCUT2D eigenvalue weighted by Crippen LogP contribution is -2.47. The van der Waals surface area contributed by atoms with E-state index in [1.807, 2.05) is 18.1 Å². The Morgan fingerprint density at radius 3 is 2.31 bits per heavy atom. The maximum absolute atomic E-state index is 14.2. The fourth-order valence-corrected chi connectivity index (χ4v) is 3.17. The molecular formula is C18H17F4N7. The molecule has 0 radical (unpaired) electrons. The molecule has 7 nitrogen and oxygen atoms in total. The first-order chi connectivity index (χ1) is 13.8. The number of hydrogen-bond donors (Lipinski definition) is 0. The Bertz CT molecular complexity index is 1010. The molecule has 1 fully saturated rings. The van der Waals surface area contributed by atoms with Crippen LogP contribution in [0.1, 0.15) is 5.56 Å². The van der Waals surface area contributed by atoms with E-state index in [1.54, 1.807) is 28.2 Å². The zero-order chi connectivity index (χ0) is 20.6. The van der Waals surface area contributed by atoms with Gasteiger partial charge in [0.25, 0.3) is 0 Å². The molecular weight excluding hydrogens is 390 g/mol. The smallest absolute Gasteiger partial charge is 0.352 e. The van der Waals surface area contributed by atoms with Gasteiger partial charge >= 0.3 is 6.18 Å². The summed E-state index contributed by atoms with van der Waals surface area (Å²) in [4.78, 5) is 16.2. The molecule has 0 unspecified atom stereocenters. The van der Waals surface area contributed by atoms with E-state index >= 15 is 0 Å². The third-order valence-corrected chi connectivity index (χ3v) is 4.67. The van der Waals surface area contributed by atoms with Crippen LogP contribution in [0.3, 0.4) is 0 Å². The highest BCUT2D eigenvalue weighted by Crippen LogP contribution is 2.31. The summed E-state index contributed by atoms with van der Waals surface area (Å²) in [5.41, 5.74) is 0.435. The van der Waals surface area contributed by atoms with Gasteiger partial charge in [-0.3, -0.25) is 9.67 Å². The van der Waals surface area contributed by atoms with Crippen molar-refractivity contribution in [3.05, 3.63) is 48.4 Å². The minimum absolute atomic E-state index is 0.0761. The zero-order valence-electron chi connectivity index (χ0n) is 15.4. The van der Waals surface area contributed by atoms with Crippen molar-refractivity contribution in [2.45, 2.75) is 6.18 Å². The second-order valence-corrected chi connectivity index (χ2v) is 6.67. The van der Waals surface area contributed by atoms with E-state index in [4.69, 9.17) is 0 Å². The monoisotopic (exact) mass is 407 g/mol. The molecule has 1 aliphatic heterocycles. The first-order valence-corrected chi connectivity index (χ1v) is 8.85. The number of pyridine rings is 1. The van der Waals surface area contributed by atoms with Gasteiger partial charge in [-0.15, -0.1) is 0 Å². The van der Waals surface area contributed by atoms with Crippen LogP contribution in [-0.4, -0.2) is 50.9 Å². The highest BCUT2D eigenvalue weighted by molar-refractivity contribution is 5.58. The van der Waals surface area contributed by atoms with Crippen molar-refractivity contribution in [2.24, 2.45) is 7.05 Å². The normalized spacial score (nSPS) is 15.1. The average molecular weight is 407 g/mol. The number of halogens is 4. The van der Waals surface area contributed by atoms with Crippen LogP contribution in [0.5, 0.6) is 0 Å². The Morgan fingerprint density at radius 1 is 0.966 bits per heavy atom. The Kier molecular flexibility index (Phi) is 4.81. The van der Waals surface area contributed by atoms with Gasteiger partial charge in [0.05, 0.1) is 29.8 Å². The van der Waals surface area contributed by atoms with Crippen molar-refractivity contribution in [3.8, 4) is 11.3 Å². The molecule has 0 aromatic carbocycles. The Morgan fingerprint density at radius 2 is 1.69 bits per heavy atom. The lowest BCUT2D eigenvalue weighted by atomic mass is 10.2. The maximum Gasteiger partial charge on any atom is 0.417 e. The molecule has 0 atom stereocenters. The van der Waals surface area contributed by atoms with Gasteiger partial charge in [0, 0.05) is 51.2 Å². The molecule has 4 rings (SSSR count). The minimum Gasteiger partial charge on any atom is -0.352 e. The summed E-state index contributed by atoms with van der Waals surface area (Å²) in [6, 6.07) is 0.484. The van der Waals surface area contributed by atoms with Crippen LogP contribution < -0.4 is 9.80 Å². The molecule has 152 valence electrons. The highest BCUT2D eigenvalue weighted by atomic mass is 19.4. The predicted octanol–water partition coefficient (Wildman–Crippen LogP) is 2.76. The molecule has 1 aliphatic rings. The number of nitrogens with zero attached hydrogens (tertiary/aromatic N) is 7. The van der Waals surface area contributed by atoms with E-state index in [0.717, 1.165) is 5.56 Å². The zero-order valence-corrected chi connectivity index (χ0v) is 15.4. The Balaban J connectivity index is 1.46. The standard InChI is InChI=1S/C18H17F4N7/c1-27-11-12(7-25-27)15-9-23-10-16(26-15)28-2-4-29(5-3-28)17-14(19)6-13(8-24-17)18(20,21)22/h6-11H,2-5H2,1H3. The second kappa shape index (κ2) is 7.30. The average Bonchev–Trinajstić information content (AvgIpc) is 3.14. The molecule has 0 amide bonds. The predicted molar refractivity (Wildman–Crippen MR) is 97.9 cm³/mol. The van der Waals surface area contributed by atoms with Crippen molar-refractivity contribution in [1.29, 1.82) is 0 Å². The summed E-state index contributed by atoms with van der Waals surface area (Å²) in [6.07, 6.45) is 2.87. The van der Waals surface area contributed by atoms with Crippen LogP contribution in [0.2, 0.25) is 0 Å². The molecule has 0 aliphatic carbocycles. The lowest BCUT2D eigenvalue weighted by Gasteiger charge is -2.36. The number of aryl methyl sites for hydroxylation is 1. The van der Waals surface area contributed by atoms with Crippen LogP contribution in [0.15, 0.2) is 37.1 Å². The molecule has 11 heteroatoms. The Labute approximate surface area is 163 Å². The fraction of sp³-hybridized carbons (Fsp3) is 0.333. The number of rotatable bonds is 3. The third-order valence-electron chi connectivity index (χ3n) is 4.67. The molecule has 3 aromatic rings. The first kappa shape index (κ1) is 19.1. The largest absolute Gasteiger partial charge is 0.417 e. The lowest BCUT2D eigenvalue weighted by molar-refractivity contribution is -0.138. The van der Waals surface area contributed by atoms with E-state index < -0.39 is 17.6 Å². The highest BCUT2D eigenvalue weighted by Gasteiger charge is 2.32. The summed E-state index contributed by atoms with van der Waals surface area (Å²) in [5.74, 6) is -0.383. The molecule has 0 bridgehead atoms. The summed E-state index contributed by atoms with van der Waals surface area (Å²) < 4.78 is 53.9. The topological polar surface area (TPSA) is 63.0 Å². The molecule has 0 spiro atoms. The molecule has 1 saturated heterocycles. The third kappa shape index (κ3) is 3.98. The Hall–Kier alpha value is -3.24. The van der Waals surface area contributed by atoms with Crippen LogP contribution in [0.4, 0.5) is 29.2 Å². The van der Waals surface area contributed by atoms with E-state index in [9.17, 15) is 17.6 Å². The van der Waals surface area contributed by atoms with Gasteiger partial charge in [-0.1, -0.05) is 0 Å². The number of alkyl halides is 3. The van der Waals surface area contributed by atoms with Crippen molar-refractivity contribution in [1.82, 2.24) is 24.7 Å². The maximum atomic E-state index is 14.2. The van der Waals surface area contributed by atoms with Crippen molar-refractivity contribution in [3.63, 3.8) is 0 Å². The SMILES string of the molecule is Cn1cc(-c2cncc(N3CCN(c4ncc(C(F)(F)F)cc4F)CC3)n2)cn1. The van der Waals surface area contributed by atoms with Crippen molar-refractivity contribution >= 4 is 11.6 Å². The summed E-state index contributed by atoms with van der Waals surface area (Å²) in [6.45, 7) is 1.81. The van der Waals surface area contributed by atoms with Crippen LogP contribution in [0.25, 0.3) is 11.3 Å². The number of hydrogen-bond acceptors (Lipinski definition) is 6.